The molecule has 0 aromatic carbocycles. The van der Waals surface area contributed by atoms with E-state index in [2.05, 4.69) is 30.8 Å². The third-order valence-electron chi connectivity index (χ3n) is 4.72. The Balaban J connectivity index is 1.90. The van der Waals surface area contributed by atoms with Crippen LogP contribution in [0.4, 0.5) is 5.82 Å². The molecule has 0 saturated heterocycles. The van der Waals surface area contributed by atoms with Gasteiger partial charge in [0.1, 0.15) is 12.1 Å². The Morgan fingerprint density at radius 2 is 1.85 bits per heavy atom. The van der Waals surface area contributed by atoms with Crippen molar-refractivity contribution in [2.45, 2.75) is 63.8 Å². The normalized spacial score (nSPS) is 19.6. The van der Waals surface area contributed by atoms with Gasteiger partial charge in [-0.1, -0.05) is 35.2 Å². The largest absolute Gasteiger partial charge is 0.352 e. The topological polar surface area (TPSA) is 29.0 Å². The second kappa shape index (κ2) is 6.88. The number of nitrogens with zero attached hydrogens (tertiary/aromatic N) is 3. The van der Waals surface area contributed by atoms with Crippen LogP contribution in [0, 0.1) is 0 Å². The number of anilines is 1. The average Bonchev–Trinajstić information content (AvgIpc) is 2.53. The van der Waals surface area contributed by atoms with Gasteiger partial charge in [0.15, 0.2) is 0 Å². The summed E-state index contributed by atoms with van der Waals surface area (Å²) in [5.74, 6) is 1.24. The molecule has 3 nitrogen and oxygen atoms in total. The summed E-state index contributed by atoms with van der Waals surface area (Å²) in [6, 6.07) is 0.683. The standard InChI is InChI=1S/C16H24BrN3/c17-10-11-20(13-6-2-1-3-7-13)16-14-8-4-5-9-15(14)18-12-19-16/h12-13H,1-11H2. The van der Waals surface area contributed by atoms with E-state index in [4.69, 9.17) is 0 Å². The van der Waals surface area contributed by atoms with Crippen molar-refractivity contribution in [3.05, 3.63) is 17.6 Å². The fourth-order valence-corrected chi connectivity index (χ4v) is 4.08. The summed E-state index contributed by atoms with van der Waals surface area (Å²) in [6.07, 6.45) is 13.5. The molecule has 20 heavy (non-hydrogen) atoms. The molecule has 110 valence electrons. The summed E-state index contributed by atoms with van der Waals surface area (Å²) in [7, 11) is 0. The SMILES string of the molecule is BrCCN(c1ncnc2c1CCCC2)C1CCCCC1. The number of hydrogen-bond donors (Lipinski definition) is 0. The molecule has 2 aliphatic carbocycles. The third kappa shape index (κ3) is 3.00. The number of aryl methyl sites for hydroxylation is 1. The van der Waals surface area contributed by atoms with Crippen LogP contribution in [0.1, 0.15) is 56.2 Å². The quantitative estimate of drug-likeness (QED) is 0.780. The molecule has 0 amide bonds. The fourth-order valence-electron chi connectivity index (χ4n) is 3.70. The Bertz CT molecular complexity index is 443. The van der Waals surface area contributed by atoms with Gasteiger partial charge in [-0.2, -0.15) is 0 Å². The first-order chi connectivity index (χ1) is 9.90. The second-order valence-electron chi connectivity index (χ2n) is 6.00. The maximum Gasteiger partial charge on any atom is 0.135 e. The molecular formula is C16H24BrN3. The molecular weight excluding hydrogens is 314 g/mol. The molecule has 3 rings (SSSR count). The zero-order valence-electron chi connectivity index (χ0n) is 12.2. The first kappa shape index (κ1) is 14.3. The third-order valence-corrected chi connectivity index (χ3v) is 5.07. The number of rotatable bonds is 4. The van der Waals surface area contributed by atoms with E-state index < -0.39 is 0 Å². The minimum absolute atomic E-state index is 0.683. The predicted molar refractivity (Wildman–Crippen MR) is 86.7 cm³/mol. The van der Waals surface area contributed by atoms with Gasteiger partial charge in [0, 0.05) is 29.2 Å². The molecule has 0 spiro atoms. The van der Waals surface area contributed by atoms with Crippen LogP contribution >= 0.6 is 15.9 Å². The van der Waals surface area contributed by atoms with Crippen molar-refractivity contribution < 1.29 is 0 Å². The molecule has 0 unspecified atom stereocenters. The first-order valence-electron chi connectivity index (χ1n) is 8.05. The van der Waals surface area contributed by atoms with Crippen LogP contribution in [0.3, 0.4) is 0 Å². The highest BCUT2D eigenvalue weighted by Crippen LogP contribution is 2.32. The van der Waals surface area contributed by atoms with Crippen LogP contribution in [0.5, 0.6) is 0 Å². The van der Waals surface area contributed by atoms with Crippen molar-refractivity contribution in [3.8, 4) is 0 Å². The Morgan fingerprint density at radius 1 is 1.05 bits per heavy atom. The van der Waals surface area contributed by atoms with E-state index in [1.165, 1.54) is 62.0 Å². The van der Waals surface area contributed by atoms with Gasteiger partial charge in [0.05, 0.1) is 0 Å². The van der Waals surface area contributed by atoms with Crippen LogP contribution in [-0.4, -0.2) is 27.9 Å². The lowest BCUT2D eigenvalue weighted by molar-refractivity contribution is 0.415. The molecule has 0 N–H and O–H groups in total. The van der Waals surface area contributed by atoms with Gasteiger partial charge in [-0.05, 0) is 38.5 Å². The van der Waals surface area contributed by atoms with Crippen molar-refractivity contribution in [2.24, 2.45) is 0 Å². The lowest BCUT2D eigenvalue weighted by Gasteiger charge is -2.36. The molecule has 4 heteroatoms. The van der Waals surface area contributed by atoms with E-state index in [9.17, 15) is 0 Å². The molecule has 1 heterocycles. The molecule has 1 fully saturated rings. The van der Waals surface area contributed by atoms with Crippen molar-refractivity contribution >= 4 is 21.7 Å². The average molecular weight is 338 g/mol. The van der Waals surface area contributed by atoms with Gasteiger partial charge >= 0.3 is 0 Å². The van der Waals surface area contributed by atoms with Gasteiger partial charge in [0.2, 0.25) is 0 Å². The Labute approximate surface area is 130 Å². The van der Waals surface area contributed by atoms with E-state index >= 15 is 0 Å². The Morgan fingerprint density at radius 3 is 2.65 bits per heavy atom. The summed E-state index contributed by atoms with van der Waals surface area (Å²) in [5, 5.41) is 1.02. The summed E-state index contributed by atoms with van der Waals surface area (Å²) in [4.78, 5) is 11.8. The van der Waals surface area contributed by atoms with Crippen molar-refractivity contribution in [2.75, 3.05) is 16.8 Å². The number of halogens is 1. The van der Waals surface area contributed by atoms with Crippen molar-refractivity contribution in [1.82, 2.24) is 9.97 Å². The van der Waals surface area contributed by atoms with Crippen molar-refractivity contribution in [3.63, 3.8) is 0 Å². The van der Waals surface area contributed by atoms with Crippen LogP contribution in [-0.2, 0) is 12.8 Å². The van der Waals surface area contributed by atoms with Crippen LogP contribution in [0.2, 0.25) is 0 Å². The minimum Gasteiger partial charge on any atom is -0.352 e. The number of fused-ring (bicyclic) bond motifs is 1. The van der Waals surface area contributed by atoms with E-state index in [1.807, 2.05) is 0 Å². The van der Waals surface area contributed by atoms with Gasteiger partial charge < -0.3 is 4.90 Å². The zero-order chi connectivity index (χ0) is 13.8. The molecule has 0 atom stereocenters. The number of hydrogen-bond acceptors (Lipinski definition) is 3. The zero-order valence-corrected chi connectivity index (χ0v) is 13.7. The van der Waals surface area contributed by atoms with Gasteiger partial charge in [-0.25, -0.2) is 9.97 Å². The monoisotopic (exact) mass is 337 g/mol. The predicted octanol–water partition coefficient (Wildman–Crippen LogP) is 3.89. The van der Waals surface area contributed by atoms with E-state index in [-0.39, 0.29) is 0 Å². The molecule has 1 aromatic heterocycles. The Hall–Kier alpha value is -0.640. The minimum atomic E-state index is 0.683. The summed E-state index contributed by atoms with van der Waals surface area (Å²) >= 11 is 3.62. The highest BCUT2D eigenvalue weighted by Gasteiger charge is 2.26. The fraction of sp³-hybridized carbons (Fsp3) is 0.750. The summed E-state index contributed by atoms with van der Waals surface area (Å²) < 4.78 is 0. The highest BCUT2D eigenvalue weighted by molar-refractivity contribution is 9.09. The number of aromatic nitrogens is 2. The lowest BCUT2D eigenvalue weighted by Crippen LogP contribution is -2.39. The van der Waals surface area contributed by atoms with E-state index in [1.54, 1.807) is 6.33 Å². The number of alkyl halides is 1. The maximum atomic E-state index is 4.68. The molecule has 2 aliphatic rings. The van der Waals surface area contributed by atoms with Gasteiger partial charge in [-0.3, -0.25) is 0 Å². The lowest BCUT2D eigenvalue weighted by atomic mass is 9.92. The summed E-state index contributed by atoms with van der Waals surface area (Å²) in [5.41, 5.74) is 2.74. The highest BCUT2D eigenvalue weighted by atomic mass is 79.9. The van der Waals surface area contributed by atoms with Crippen LogP contribution in [0.15, 0.2) is 6.33 Å². The van der Waals surface area contributed by atoms with Crippen molar-refractivity contribution in [1.29, 1.82) is 0 Å². The maximum absolute atomic E-state index is 4.68. The first-order valence-corrected chi connectivity index (χ1v) is 9.17. The van der Waals surface area contributed by atoms with Gasteiger partial charge in [-0.15, -0.1) is 0 Å². The summed E-state index contributed by atoms with van der Waals surface area (Å²) in [6.45, 7) is 1.06. The van der Waals surface area contributed by atoms with Crippen LogP contribution < -0.4 is 4.90 Å². The Kier molecular flexibility index (Phi) is 4.92. The van der Waals surface area contributed by atoms with E-state index in [0.717, 1.165) is 24.7 Å². The molecule has 0 radical (unpaired) electrons. The van der Waals surface area contributed by atoms with Gasteiger partial charge in [0.25, 0.3) is 0 Å². The van der Waals surface area contributed by atoms with E-state index in [0.29, 0.717) is 6.04 Å². The second-order valence-corrected chi connectivity index (χ2v) is 6.80. The smallest absolute Gasteiger partial charge is 0.135 e. The van der Waals surface area contributed by atoms with Crippen LogP contribution in [0.25, 0.3) is 0 Å². The molecule has 1 saturated carbocycles. The molecule has 0 aliphatic heterocycles. The molecule has 1 aromatic rings. The molecule has 0 bridgehead atoms.